The molecular weight excluding hydrogens is 332 g/mol. The number of aryl methyl sites for hydroxylation is 1. The molecule has 1 aliphatic rings. The molecule has 134 valence electrons. The minimum Gasteiger partial charge on any atom is -0.352 e. The molecule has 2 N–H and O–H groups in total. The predicted molar refractivity (Wildman–Crippen MR) is 105 cm³/mol. The quantitative estimate of drug-likeness (QED) is 0.816. The number of rotatable bonds is 6. The Balaban J connectivity index is 0.00000225. The lowest BCUT2D eigenvalue weighted by Gasteiger charge is -2.13. The van der Waals surface area contributed by atoms with Crippen molar-refractivity contribution in [2.24, 2.45) is 0 Å². The van der Waals surface area contributed by atoms with Crippen molar-refractivity contribution in [2.45, 2.75) is 52.2 Å². The smallest absolute Gasteiger partial charge is 0.220 e. The average molecular weight is 359 g/mol. The molecule has 1 atom stereocenters. The average Bonchev–Trinajstić information content (AvgIpc) is 3.07. The SMILES string of the molecule is CCc1ccc(C(C)CC(=O)NCc2ccc3c(c2)CNC3)cc1.Cl. The highest BCUT2D eigenvalue weighted by molar-refractivity contribution is 5.85. The minimum absolute atomic E-state index is 0. The standard InChI is InChI=1S/C21H26N2O.ClH/c1-3-16-4-7-18(8-5-16)15(2)10-21(24)23-12-17-6-9-19-13-22-14-20(19)11-17;/h4-9,11,15,22H,3,10,12-14H2,1-2H3,(H,23,24);1H. The van der Waals surface area contributed by atoms with Gasteiger partial charge in [0.15, 0.2) is 0 Å². The number of carbonyl (C=O) groups is 1. The fourth-order valence-electron chi connectivity index (χ4n) is 3.21. The maximum absolute atomic E-state index is 12.2. The third-order valence-corrected chi connectivity index (χ3v) is 4.84. The van der Waals surface area contributed by atoms with E-state index in [-0.39, 0.29) is 24.2 Å². The van der Waals surface area contributed by atoms with Gasteiger partial charge in [0.05, 0.1) is 0 Å². The number of carbonyl (C=O) groups excluding carboxylic acids is 1. The third-order valence-electron chi connectivity index (χ3n) is 4.84. The summed E-state index contributed by atoms with van der Waals surface area (Å²) in [6.45, 7) is 6.76. The van der Waals surface area contributed by atoms with E-state index >= 15 is 0 Å². The second kappa shape index (κ2) is 9.02. The number of nitrogens with one attached hydrogen (secondary N) is 2. The van der Waals surface area contributed by atoms with Crippen LogP contribution in [0.1, 0.15) is 54.0 Å². The van der Waals surface area contributed by atoms with Crippen molar-refractivity contribution in [3.63, 3.8) is 0 Å². The third kappa shape index (κ3) is 5.07. The summed E-state index contributed by atoms with van der Waals surface area (Å²) < 4.78 is 0. The van der Waals surface area contributed by atoms with Gasteiger partial charge >= 0.3 is 0 Å². The number of fused-ring (bicyclic) bond motifs is 1. The summed E-state index contributed by atoms with van der Waals surface area (Å²) in [6, 6.07) is 15.1. The molecule has 0 spiro atoms. The van der Waals surface area contributed by atoms with Gasteiger partial charge in [-0.1, -0.05) is 56.3 Å². The Bertz CT molecular complexity index is 712. The number of hydrogen-bond acceptors (Lipinski definition) is 2. The maximum atomic E-state index is 12.2. The van der Waals surface area contributed by atoms with Crippen molar-refractivity contribution in [1.29, 1.82) is 0 Å². The van der Waals surface area contributed by atoms with Crippen LogP contribution in [0.2, 0.25) is 0 Å². The fraction of sp³-hybridized carbons (Fsp3) is 0.381. The predicted octanol–water partition coefficient (Wildman–Crippen LogP) is 4.08. The molecule has 3 rings (SSSR count). The van der Waals surface area contributed by atoms with E-state index in [2.05, 4.69) is 66.9 Å². The van der Waals surface area contributed by atoms with Crippen molar-refractivity contribution in [3.05, 3.63) is 70.3 Å². The fourth-order valence-corrected chi connectivity index (χ4v) is 3.21. The second-order valence-corrected chi connectivity index (χ2v) is 6.68. The highest BCUT2D eigenvalue weighted by atomic mass is 35.5. The summed E-state index contributed by atoms with van der Waals surface area (Å²) in [5.74, 6) is 0.348. The van der Waals surface area contributed by atoms with Gasteiger partial charge in [-0.2, -0.15) is 0 Å². The molecule has 0 saturated carbocycles. The van der Waals surface area contributed by atoms with Gasteiger partial charge in [0.25, 0.3) is 0 Å². The molecule has 0 aliphatic carbocycles. The highest BCUT2D eigenvalue weighted by Crippen LogP contribution is 2.20. The molecule has 0 aromatic heterocycles. The van der Waals surface area contributed by atoms with E-state index in [0.29, 0.717) is 13.0 Å². The van der Waals surface area contributed by atoms with Gasteiger partial charge in [0.1, 0.15) is 0 Å². The summed E-state index contributed by atoms with van der Waals surface area (Å²) in [4.78, 5) is 12.2. The zero-order chi connectivity index (χ0) is 16.9. The molecule has 0 saturated heterocycles. The van der Waals surface area contributed by atoms with Gasteiger partial charge in [-0.25, -0.2) is 0 Å². The van der Waals surface area contributed by atoms with Gasteiger partial charge in [0, 0.05) is 26.1 Å². The topological polar surface area (TPSA) is 41.1 Å². The van der Waals surface area contributed by atoms with Gasteiger partial charge < -0.3 is 10.6 Å². The maximum Gasteiger partial charge on any atom is 0.220 e. The molecule has 25 heavy (non-hydrogen) atoms. The van der Waals surface area contributed by atoms with E-state index in [9.17, 15) is 4.79 Å². The molecule has 4 heteroatoms. The van der Waals surface area contributed by atoms with Crippen LogP contribution >= 0.6 is 12.4 Å². The summed E-state index contributed by atoms with van der Waals surface area (Å²) in [5, 5.41) is 6.40. The van der Waals surface area contributed by atoms with Crippen LogP contribution in [0.3, 0.4) is 0 Å². The first-order valence-corrected chi connectivity index (χ1v) is 8.82. The molecule has 2 aromatic rings. The Hall–Kier alpha value is -1.84. The summed E-state index contributed by atoms with van der Waals surface area (Å²) in [5.41, 5.74) is 6.46. The van der Waals surface area contributed by atoms with Gasteiger partial charge in [-0.15, -0.1) is 12.4 Å². The first kappa shape index (κ1) is 19.5. The van der Waals surface area contributed by atoms with E-state index in [1.54, 1.807) is 0 Å². The van der Waals surface area contributed by atoms with Crippen LogP contribution in [-0.2, 0) is 30.8 Å². The number of hydrogen-bond donors (Lipinski definition) is 2. The van der Waals surface area contributed by atoms with Gasteiger partial charge in [0.2, 0.25) is 5.91 Å². The lowest BCUT2D eigenvalue weighted by molar-refractivity contribution is -0.121. The van der Waals surface area contributed by atoms with Gasteiger partial charge in [-0.05, 0) is 40.2 Å². The lowest BCUT2D eigenvalue weighted by atomic mass is 9.96. The summed E-state index contributed by atoms with van der Waals surface area (Å²) >= 11 is 0. The van der Waals surface area contributed by atoms with E-state index in [1.807, 2.05) is 0 Å². The normalized spacial score (nSPS) is 13.7. The largest absolute Gasteiger partial charge is 0.352 e. The van der Waals surface area contributed by atoms with Crippen LogP contribution in [0.15, 0.2) is 42.5 Å². The Labute approximate surface area is 156 Å². The van der Waals surface area contributed by atoms with E-state index in [0.717, 1.165) is 19.5 Å². The Kier molecular flexibility index (Phi) is 7.03. The number of amides is 1. The van der Waals surface area contributed by atoms with Crippen molar-refractivity contribution >= 4 is 18.3 Å². The van der Waals surface area contributed by atoms with E-state index < -0.39 is 0 Å². The molecule has 1 aliphatic heterocycles. The molecule has 0 fully saturated rings. The molecule has 2 aromatic carbocycles. The van der Waals surface area contributed by atoms with Crippen LogP contribution in [0, 0.1) is 0 Å². The van der Waals surface area contributed by atoms with Crippen LogP contribution in [-0.4, -0.2) is 5.91 Å². The molecule has 1 unspecified atom stereocenters. The van der Waals surface area contributed by atoms with Crippen LogP contribution in [0.4, 0.5) is 0 Å². The Morgan fingerprint density at radius 2 is 1.76 bits per heavy atom. The van der Waals surface area contributed by atoms with Crippen molar-refractivity contribution in [3.8, 4) is 0 Å². The number of halogens is 1. The van der Waals surface area contributed by atoms with E-state index in [4.69, 9.17) is 0 Å². The zero-order valence-corrected chi connectivity index (χ0v) is 15.8. The summed E-state index contributed by atoms with van der Waals surface area (Å²) in [6.07, 6.45) is 1.57. The zero-order valence-electron chi connectivity index (χ0n) is 15.0. The van der Waals surface area contributed by atoms with Crippen LogP contribution in [0.25, 0.3) is 0 Å². The van der Waals surface area contributed by atoms with Crippen molar-refractivity contribution in [2.75, 3.05) is 0 Å². The molecule has 1 heterocycles. The number of benzene rings is 2. The minimum atomic E-state index is 0. The molecule has 3 nitrogen and oxygen atoms in total. The van der Waals surface area contributed by atoms with Crippen LogP contribution < -0.4 is 10.6 Å². The van der Waals surface area contributed by atoms with Gasteiger partial charge in [-0.3, -0.25) is 4.79 Å². The van der Waals surface area contributed by atoms with Crippen molar-refractivity contribution < 1.29 is 4.79 Å². The Morgan fingerprint density at radius 1 is 1.08 bits per heavy atom. The lowest BCUT2D eigenvalue weighted by Crippen LogP contribution is -2.24. The molecule has 0 radical (unpaired) electrons. The molecule has 1 amide bonds. The first-order valence-electron chi connectivity index (χ1n) is 8.82. The monoisotopic (exact) mass is 358 g/mol. The van der Waals surface area contributed by atoms with Crippen molar-refractivity contribution in [1.82, 2.24) is 10.6 Å². The summed E-state index contributed by atoms with van der Waals surface area (Å²) in [7, 11) is 0. The molecule has 0 bridgehead atoms. The molecular formula is C21H27ClN2O. The first-order chi connectivity index (χ1) is 11.7. The second-order valence-electron chi connectivity index (χ2n) is 6.68. The van der Waals surface area contributed by atoms with E-state index in [1.165, 1.54) is 27.8 Å². The Morgan fingerprint density at radius 3 is 2.48 bits per heavy atom. The highest BCUT2D eigenvalue weighted by Gasteiger charge is 2.13. The van der Waals surface area contributed by atoms with Crippen LogP contribution in [0.5, 0.6) is 0 Å².